The van der Waals surface area contributed by atoms with E-state index >= 15 is 0 Å². The van der Waals surface area contributed by atoms with Crippen molar-refractivity contribution in [1.82, 2.24) is 30.5 Å². The Kier molecular flexibility index (Phi) is 11.0. The van der Waals surface area contributed by atoms with Gasteiger partial charge in [0.1, 0.15) is 6.04 Å². The van der Waals surface area contributed by atoms with E-state index in [2.05, 4.69) is 34.5 Å². The lowest BCUT2D eigenvalue weighted by Gasteiger charge is -2.47. The summed E-state index contributed by atoms with van der Waals surface area (Å²) in [7, 11) is 0. The number of halogens is 1. The summed E-state index contributed by atoms with van der Waals surface area (Å²) in [5.74, 6) is 0.244. The minimum atomic E-state index is -0.601. The summed E-state index contributed by atoms with van der Waals surface area (Å²) in [6.07, 6.45) is 2.31. The summed E-state index contributed by atoms with van der Waals surface area (Å²) in [5.41, 5.74) is 0.956. The number of likely N-dealkylation sites (tertiary alicyclic amines) is 1. The van der Waals surface area contributed by atoms with Crippen molar-refractivity contribution in [3.63, 3.8) is 0 Å². The van der Waals surface area contributed by atoms with Crippen LogP contribution in [0.1, 0.15) is 46.1 Å². The number of hydrazine groups is 1. The number of carbonyl (C=O) groups is 3. The summed E-state index contributed by atoms with van der Waals surface area (Å²) in [6.45, 7) is 13.7. The summed E-state index contributed by atoms with van der Waals surface area (Å²) in [6, 6.07) is 7.19. The van der Waals surface area contributed by atoms with Gasteiger partial charge >= 0.3 is 6.03 Å². The minimum Gasteiger partial charge on any atom is -0.344 e. The summed E-state index contributed by atoms with van der Waals surface area (Å²) in [5, 5.41) is 11.3. The fourth-order valence-corrected chi connectivity index (χ4v) is 5.32. The second-order valence-electron chi connectivity index (χ2n) is 10.4. The topological polar surface area (TPSA) is 88.2 Å². The van der Waals surface area contributed by atoms with Crippen molar-refractivity contribution < 1.29 is 14.4 Å². The summed E-state index contributed by atoms with van der Waals surface area (Å²) < 4.78 is 0. The van der Waals surface area contributed by atoms with E-state index in [1.54, 1.807) is 12.1 Å². The molecule has 2 saturated heterocycles. The Hall–Kier alpha value is -2.36. The highest BCUT2D eigenvalue weighted by Gasteiger charge is 2.34. The van der Waals surface area contributed by atoms with Crippen LogP contribution in [0.5, 0.6) is 0 Å². The first-order valence-corrected chi connectivity index (χ1v) is 13.9. The van der Waals surface area contributed by atoms with Crippen molar-refractivity contribution >= 4 is 29.4 Å². The second kappa shape index (κ2) is 14.0. The lowest BCUT2D eigenvalue weighted by atomic mass is 10.0. The van der Waals surface area contributed by atoms with Crippen LogP contribution in [0.25, 0.3) is 0 Å². The molecule has 0 aliphatic carbocycles. The van der Waals surface area contributed by atoms with Gasteiger partial charge in [-0.05, 0) is 43.4 Å². The SMILES string of the molecule is CCNC(=O)N1CCC(N(CC(C)C)N2CCN(C(=O)[C@@H](Cc3ccc(Cl)cc3)NC(C)=O)CC2)CC1. The molecule has 9 nitrogen and oxygen atoms in total. The van der Waals surface area contributed by atoms with Crippen LogP contribution >= 0.6 is 11.6 Å². The Morgan fingerprint density at radius 2 is 1.62 bits per heavy atom. The Bertz CT molecular complexity index is 896. The Labute approximate surface area is 226 Å². The molecule has 2 heterocycles. The van der Waals surface area contributed by atoms with E-state index in [1.165, 1.54) is 6.92 Å². The molecule has 2 fully saturated rings. The lowest BCUT2D eigenvalue weighted by molar-refractivity contribution is -0.144. The van der Waals surface area contributed by atoms with Gasteiger partial charge in [0.15, 0.2) is 0 Å². The summed E-state index contributed by atoms with van der Waals surface area (Å²) >= 11 is 6.00. The van der Waals surface area contributed by atoms with Crippen molar-refractivity contribution in [1.29, 1.82) is 0 Å². The van der Waals surface area contributed by atoms with Crippen LogP contribution in [0.2, 0.25) is 5.02 Å². The summed E-state index contributed by atoms with van der Waals surface area (Å²) in [4.78, 5) is 41.3. The third-order valence-corrected chi connectivity index (χ3v) is 7.27. The number of hydrogen-bond acceptors (Lipinski definition) is 5. The average Bonchev–Trinajstić information content (AvgIpc) is 2.88. The molecule has 2 N–H and O–H groups in total. The van der Waals surface area contributed by atoms with E-state index in [-0.39, 0.29) is 17.8 Å². The largest absolute Gasteiger partial charge is 0.344 e. The van der Waals surface area contributed by atoms with Crippen molar-refractivity contribution in [3.8, 4) is 0 Å². The molecule has 1 aromatic rings. The zero-order valence-corrected chi connectivity index (χ0v) is 23.5. The fraction of sp³-hybridized carbons (Fsp3) is 0.667. The Morgan fingerprint density at radius 1 is 1.00 bits per heavy atom. The first kappa shape index (κ1) is 29.2. The first-order valence-electron chi connectivity index (χ1n) is 13.5. The number of amides is 4. The molecule has 0 unspecified atom stereocenters. The number of rotatable bonds is 9. The molecule has 206 valence electrons. The number of urea groups is 1. The van der Waals surface area contributed by atoms with Gasteiger partial charge in [0.2, 0.25) is 11.8 Å². The Morgan fingerprint density at radius 3 is 2.16 bits per heavy atom. The van der Waals surface area contributed by atoms with Crippen molar-refractivity contribution in [2.24, 2.45) is 5.92 Å². The zero-order valence-electron chi connectivity index (χ0n) is 22.7. The second-order valence-corrected chi connectivity index (χ2v) is 10.9. The van der Waals surface area contributed by atoms with Crippen LogP contribution in [0.3, 0.4) is 0 Å². The molecule has 37 heavy (non-hydrogen) atoms. The monoisotopic (exact) mass is 534 g/mol. The predicted octanol–water partition coefficient (Wildman–Crippen LogP) is 2.60. The first-order chi connectivity index (χ1) is 17.7. The van der Waals surface area contributed by atoms with Gasteiger partial charge in [-0.3, -0.25) is 9.59 Å². The molecule has 0 saturated carbocycles. The van der Waals surface area contributed by atoms with E-state index in [1.807, 2.05) is 28.9 Å². The van der Waals surface area contributed by atoms with Crippen LogP contribution in [-0.4, -0.2) is 102 Å². The molecule has 1 atom stereocenters. The van der Waals surface area contributed by atoms with Gasteiger partial charge in [-0.1, -0.05) is 37.6 Å². The van der Waals surface area contributed by atoms with Gasteiger partial charge in [-0.2, -0.15) is 0 Å². The van der Waals surface area contributed by atoms with Crippen LogP contribution in [-0.2, 0) is 16.0 Å². The highest BCUT2D eigenvalue weighted by Crippen LogP contribution is 2.22. The molecular formula is C27H43ClN6O3. The molecule has 0 spiro atoms. The number of carbonyl (C=O) groups excluding carboxylic acids is 3. The van der Waals surface area contributed by atoms with E-state index in [9.17, 15) is 14.4 Å². The van der Waals surface area contributed by atoms with Gasteiger partial charge in [-0.25, -0.2) is 14.8 Å². The van der Waals surface area contributed by atoms with E-state index in [0.29, 0.717) is 43.0 Å². The third-order valence-electron chi connectivity index (χ3n) is 7.01. The molecule has 2 aliphatic heterocycles. The standard InChI is InChI=1S/C27H43ClN6O3/c1-5-29-27(37)32-12-10-24(11-13-32)34(19-20(2)3)33-16-14-31(15-17-33)26(36)25(30-21(4)35)18-22-6-8-23(28)9-7-22/h6-9,20,24-25H,5,10-19H2,1-4H3,(H,29,37)(H,30,35)/t25-/m1/s1. The van der Waals surface area contributed by atoms with Gasteiger partial charge < -0.3 is 20.4 Å². The molecule has 3 rings (SSSR count). The number of piperazine rings is 1. The molecule has 0 aromatic heterocycles. The molecule has 0 radical (unpaired) electrons. The highest BCUT2D eigenvalue weighted by atomic mass is 35.5. The van der Waals surface area contributed by atoms with E-state index in [0.717, 1.165) is 51.1 Å². The van der Waals surface area contributed by atoms with Gasteiger partial charge in [0.25, 0.3) is 0 Å². The van der Waals surface area contributed by atoms with Gasteiger partial charge in [0, 0.05) is 76.8 Å². The maximum absolute atomic E-state index is 13.4. The number of hydrogen-bond donors (Lipinski definition) is 2. The predicted molar refractivity (Wildman–Crippen MR) is 146 cm³/mol. The van der Waals surface area contributed by atoms with E-state index < -0.39 is 6.04 Å². The molecule has 2 aliphatic rings. The fourth-order valence-electron chi connectivity index (χ4n) is 5.19. The smallest absolute Gasteiger partial charge is 0.317 e. The van der Waals surface area contributed by atoms with Crippen LogP contribution in [0.4, 0.5) is 4.79 Å². The van der Waals surface area contributed by atoms with Crippen LogP contribution < -0.4 is 10.6 Å². The molecule has 10 heteroatoms. The maximum atomic E-state index is 13.4. The van der Waals surface area contributed by atoms with Gasteiger partial charge in [-0.15, -0.1) is 0 Å². The number of benzene rings is 1. The number of nitrogens with zero attached hydrogens (tertiary/aromatic N) is 4. The van der Waals surface area contributed by atoms with Crippen LogP contribution in [0, 0.1) is 5.92 Å². The quantitative estimate of drug-likeness (QED) is 0.508. The third kappa shape index (κ3) is 8.58. The number of piperidine rings is 1. The normalized spacial score (nSPS) is 18.2. The van der Waals surface area contributed by atoms with Crippen molar-refractivity contribution in [2.45, 2.75) is 59.0 Å². The average molecular weight is 535 g/mol. The maximum Gasteiger partial charge on any atom is 0.317 e. The molecular weight excluding hydrogens is 492 g/mol. The number of nitrogens with one attached hydrogen (secondary N) is 2. The zero-order chi connectivity index (χ0) is 26.9. The molecule has 0 bridgehead atoms. The Balaban J connectivity index is 1.60. The van der Waals surface area contributed by atoms with E-state index in [4.69, 9.17) is 11.6 Å². The van der Waals surface area contributed by atoms with Crippen molar-refractivity contribution in [3.05, 3.63) is 34.9 Å². The lowest BCUT2D eigenvalue weighted by Crippen LogP contribution is -2.61. The molecule has 1 aromatic carbocycles. The van der Waals surface area contributed by atoms with Crippen molar-refractivity contribution in [2.75, 3.05) is 52.4 Å². The minimum absolute atomic E-state index is 0.0239. The van der Waals surface area contributed by atoms with Crippen LogP contribution in [0.15, 0.2) is 24.3 Å². The van der Waals surface area contributed by atoms with Gasteiger partial charge in [0.05, 0.1) is 0 Å². The highest BCUT2D eigenvalue weighted by molar-refractivity contribution is 6.30. The molecule has 4 amide bonds.